The molecule has 0 saturated carbocycles. The van der Waals surface area contributed by atoms with Crippen LogP contribution in [0.25, 0.3) is 0 Å². The fourth-order valence-corrected chi connectivity index (χ4v) is 1.89. The largest absolute Gasteiger partial charge is 0.383 e. The van der Waals surface area contributed by atoms with E-state index in [1.807, 2.05) is 0 Å². The van der Waals surface area contributed by atoms with Crippen LogP contribution in [-0.2, 0) is 0 Å². The fourth-order valence-electron chi connectivity index (χ4n) is 1.07. The van der Waals surface area contributed by atoms with Crippen LogP contribution in [0.1, 0.15) is 30.6 Å². The van der Waals surface area contributed by atoms with E-state index in [9.17, 15) is 4.79 Å². The van der Waals surface area contributed by atoms with Gasteiger partial charge in [0.15, 0.2) is 5.78 Å². The van der Waals surface area contributed by atoms with Crippen molar-refractivity contribution in [2.24, 2.45) is 0 Å². The summed E-state index contributed by atoms with van der Waals surface area (Å²) in [5.74, 6) is 0.864. The molecule has 0 spiro atoms. The zero-order chi connectivity index (χ0) is 11.3. The van der Waals surface area contributed by atoms with Crippen molar-refractivity contribution in [2.75, 3.05) is 11.5 Å². The number of pyridine rings is 1. The summed E-state index contributed by atoms with van der Waals surface area (Å²) in [5.41, 5.74) is 6.15. The molecule has 0 aromatic carbocycles. The summed E-state index contributed by atoms with van der Waals surface area (Å²) in [4.78, 5) is 15.6. The van der Waals surface area contributed by atoms with Crippen molar-refractivity contribution in [1.29, 1.82) is 0 Å². The Morgan fingerprint density at radius 3 is 3.00 bits per heavy atom. The van der Waals surface area contributed by atoms with Gasteiger partial charge >= 0.3 is 0 Å². The molecule has 0 bridgehead atoms. The number of nitrogens with two attached hydrogens (primary N) is 1. The lowest BCUT2D eigenvalue weighted by molar-refractivity contribution is 0.102. The normalized spacial score (nSPS) is 12.4. The summed E-state index contributed by atoms with van der Waals surface area (Å²) in [6, 6.07) is 3.46. The second-order valence-electron chi connectivity index (χ2n) is 3.39. The molecule has 15 heavy (non-hydrogen) atoms. The Labute approximate surface area is 94.5 Å². The van der Waals surface area contributed by atoms with Gasteiger partial charge in [0.1, 0.15) is 5.82 Å². The van der Waals surface area contributed by atoms with E-state index in [1.165, 1.54) is 0 Å². The van der Waals surface area contributed by atoms with E-state index < -0.39 is 0 Å². The minimum Gasteiger partial charge on any atom is -0.383 e. The maximum absolute atomic E-state index is 11.7. The van der Waals surface area contributed by atoms with Crippen molar-refractivity contribution in [1.82, 2.24) is 4.98 Å². The third-order valence-corrected chi connectivity index (χ3v) is 3.54. The Hall–Kier alpha value is -1.03. The van der Waals surface area contributed by atoms with Gasteiger partial charge in [0.05, 0.1) is 11.3 Å². The molecule has 0 aliphatic carbocycles. The topological polar surface area (TPSA) is 56.0 Å². The monoisotopic (exact) mass is 224 g/mol. The summed E-state index contributed by atoms with van der Waals surface area (Å²) in [6.07, 6.45) is 2.66. The van der Waals surface area contributed by atoms with E-state index in [0.717, 1.165) is 6.42 Å². The molecule has 1 aromatic heterocycles. The van der Waals surface area contributed by atoms with Gasteiger partial charge in [0.25, 0.3) is 0 Å². The third kappa shape index (κ3) is 3.55. The minimum atomic E-state index is 0.0610. The van der Waals surface area contributed by atoms with Crippen LogP contribution in [0.2, 0.25) is 0 Å². The minimum absolute atomic E-state index is 0.0610. The van der Waals surface area contributed by atoms with E-state index in [1.54, 1.807) is 30.1 Å². The van der Waals surface area contributed by atoms with Gasteiger partial charge in [-0.15, -0.1) is 0 Å². The highest BCUT2D eigenvalue weighted by Crippen LogP contribution is 2.17. The first-order valence-electron chi connectivity index (χ1n) is 5.00. The Bertz CT molecular complexity index is 341. The zero-order valence-electron chi connectivity index (χ0n) is 9.06. The number of carbonyl (C=O) groups excluding carboxylic acids is 1. The fraction of sp³-hybridized carbons (Fsp3) is 0.455. The van der Waals surface area contributed by atoms with Crippen LogP contribution in [0.15, 0.2) is 18.3 Å². The molecule has 3 nitrogen and oxygen atoms in total. The molecule has 0 amide bonds. The molecule has 1 unspecified atom stereocenters. The number of ketones is 1. The van der Waals surface area contributed by atoms with Crippen molar-refractivity contribution < 1.29 is 4.79 Å². The van der Waals surface area contributed by atoms with Crippen LogP contribution >= 0.6 is 11.8 Å². The van der Waals surface area contributed by atoms with Gasteiger partial charge in [-0.25, -0.2) is 4.98 Å². The van der Waals surface area contributed by atoms with Crippen molar-refractivity contribution in [3.8, 4) is 0 Å². The maximum Gasteiger partial charge on any atom is 0.176 e. The SMILES string of the molecule is CCC(C)SCC(=O)c1cccnc1N. The highest BCUT2D eigenvalue weighted by atomic mass is 32.2. The van der Waals surface area contributed by atoms with Crippen LogP contribution in [0.4, 0.5) is 5.82 Å². The Kier molecular flexibility index (Phi) is 4.62. The molecule has 1 rings (SSSR count). The number of hydrogen-bond acceptors (Lipinski definition) is 4. The predicted octanol–water partition coefficient (Wildman–Crippen LogP) is 2.38. The summed E-state index contributed by atoms with van der Waals surface area (Å²) in [7, 11) is 0. The van der Waals surface area contributed by atoms with E-state index in [-0.39, 0.29) is 5.78 Å². The number of Topliss-reactive ketones (excluding diaryl/α,β-unsaturated/α-hetero) is 1. The molecule has 2 N–H and O–H groups in total. The first-order chi connectivity index (χ1) is 7.15. The summed E-state index contributed by atoms with van der Waals surface area (Å²) in [5, 5.41) is 0.506. The molecule has 0 aliphatic rings. The standard InChI is InChI=1S/C11H16N2OS/c1-3-8(2)15-7-10(14)9-5-4-6-13-11(9)12/h4-6,8H,3,7H2,1-2H3,(H2,12,13). The van der Waals surface area contributed by atoms with Crippen LogP contribution < -0.4 is 5.73 Å². The van der Waals surface area contributed by atoms with E-state index in [4.69, 9.17) is 5.73 Å². The van der Waals surface area contributed by atoms with Crippen molar-refractivity contribution in [3.63, 3.8) is 0 Å². The van der Waals surface area contributed by atoms with E-state index in [2.05, 4.69) is 18.8 Å². The van der Waals surface area contributed by atoms with Crippen LogP contribution in [-0.4, -0.2) is 21.8 Å². The first kappa shape index (κ1) is 12.0. The summed E-state index contributed by atoms with van der Waals surface area (Å²) in [6.45, 7) is 4.23. The number of aromatic nitrogens is 1. The average Bonchev–Trinajstić information content (AvgIpc) is 2.26. The number of rotatable bonds is 5. The van der Waals surface area contributed by atoms with Crippen molar-refractivity contribution >= 4 is 23.4 Å². The quantitative estimate of drug-likeness (QED) is 0.780. The molecular formula is C11H16N2OS. The lowest BCUT2D eigenvalue weighted by atomic mass is 10.2. The Morgan fingerprint density at radius 2 is 2.40 bits per heavy atom. The summed E-state index contributed by atoms with van der Waals surface area (Å²) < 4.78 is 0. The maximum atomic E-state index is 11.7. The molecule has 1 aromatic rings. The molecule has 1 heterocycles. The molecule has 0 fully saturated rings. The Balaban J connectivity index is 2.58. The van der Waals surface area contributed by atoms with E-state index >= 15 is 0 Å². The second kappa shape index (κ2) is 5.75. The molecule has 82 valence electrons. The average molecular weight is 224 g/mol. The number of nitrogens with zero attached hydrogens (tertiary/aromatic N) is 1. The van der Waals surface area contributed by atoms with Crippen molar-refractivity contribution in [3.05, 3.63) is 23.9 Å². The van der Waals surface area contributed by atoms with Crippen molar-refractivity contribution in [2.45, 2.75) is 25.5 Å². The number of carbonyl (C=O) groups is 1. The number of hydrogen-bond donors (Lipinski definition) is 1. The number of thioether (sulfide) groups is 1. The van der Waals surface area contributed by atoms with Gasteiger partial charge in [-0.05, 0) is 18.6 Å². The van der Waals surface area contributed by atoms with E-state index in [0.29, 0.717) is 22.4 Å². The van der Waals surface area contributed by atoms with Gasteiger partial charge in [-0.2, -0.15) is 11.8 Å². The molecule has 0 saturated heterocycles. The predicted molar refractivity (Wildman–Crippen MR) is 65.2 cm³/mol. The lowest BCUT2D eigenvalue weighted by Crippen LogP contribution is -2.09. The van der Waals surface area contributed by atoms with Gasteiger partial charge < -0.3 is 5.73 Å². The van der Waals surface area contributed by atoms with Crippen LogP contribution in [0.3, 0.4) is 0 Å². The highest BCUT2D eigenvalue weighted by molar-refractivity contribution is 8.00. The molecule has 4 heteroatoms. The van der Waals surface area contributed by atoms with Gasteiger partial charge in [-0.3, -0.25) is 4.79 Å². The van der Waals surface area contributed by atoms with Gasteiger partial charge in [0.2, 0.25) is 0 Å². The first-order valence-corrected chi connectivity index (χ1v) is 6.05. The Morgan fingerprint density at radius 1 is 1.67 bits per heavy atom. The third-order valence-electron chi connectivity index (χ3n) is 2.21. The van der Waals surface area contributed by atoms with Gasteiger partial charge in [-0.1, -0.05) is 13.8 Å². The number of nitrogen functional groups attached to an aromatic ring is 1. The second-order valence-corrected chi connectivity index (χ2v) is 4.82. The number of anilines is 1. The molecule has 1 atom stereocenters. The molecule has 0 radical (unpaired) electrons. The highest BCUT2D eigenvalue weighted by Gasteiger charge is 2.11. The van der Waals surface area contributed by atoms with Crippen LogP contribution in [0.5, 0.6) is 0 Å². The van der Waals surface area contributed by atoms with Crippen LogP contribution in [0, 0.1) is 0 Å². The zero-order valence-corrected chi connectivity index (χ0v) is 9.88. The smallest absolute Gasteiger partial charge is 0.176 e. The van der Waals surface area contributed by atoms with Gasteiger partial charge in [0, 0.05) is 11.4 Å². The molecular weight excluding hydrogens is 208 g/mol. The lowest BCUT2D eigenvalue weighted by Gasteiger charge is -2.07. The molecule has 0 aliphatic heterocycles. The summed E-state index contributed by atoms with van der Waals surface area (Å²) >= 11 is 1.66.